The van der Waals surface area contributed by atoms with E-state index in [1.54, 1.807) is 13.8 Å². The quantitative estimate of drug-likeness (QED) is 0.430. The number of amides is 2. The Morgan fingerprint density at radius 1 is 0.733 bits per heavy atom. The molecule has 0 aliphatic heterocycles. The lowest BCUT2D eigenvalue weighted by Crippen LogP contribution is -2.42. The fourth-order valence-electron chi connectivity index (χ4n) is 2.70. The van der Waals surface area contributed by atoms with Crippen LogP contribution in [0.1, 0.15) is 53.4 Å². The van der Waals surface area contributed by atoms with Gasteiger partial charge in [-0.05, 0) is 63.8 Å². The summed E-state index contributed by atoms with van der Waals surface area (Å²) in [4.78, 5) is 68.9. The van der Waals surface area contributed by atoms with E-state index in [2.05, 4.69) is 13.2 Å². The highest BCUT2D eigenvalue weighted by Gasteiger charge is 2.37. The fraction of sp³-hybridized carbons (Fsp3) is 0.600. The molecule has 1 fully saturated rings. The first-order valence-electron chi connectivity index (χ1n) is 9.81. The van der Waals surface area contributed by atoms with Crippen LogP contribution in [0.4, 0.5) is 0 Å². The SMILES string of the molecule is C=C(C)C(=O)ON(OCC)C(=O)C1CCC(C(=O)N(OCC)OC(=O)C(=C)C)CC1. The van der Waals surface area contributed by atoms with Crippen LogP contribution in [0.5, 0.6) is 0 Å². The predicted molar refractivity (Wildman–Crippen MR) is 104 cm³/mol. The molecule has 0 bridgehead atoms. The zero-order valence-corrected chi connectivity index (χ0v) is 18.0. The fourth-order valence-corrected chi connectivity index (χ4v) is 2.70. The van der Waals surface area contributed by atoms with Crippen LogP contribution in [0.2, 0.25) is 0 Å². The summed E-state index contributed by atoms with van der Waals surface area (Å²) in [7, 11) is 0. The van der Waals surface area contributed by atoms with Crippen molar-refractivity contribution in [3.05, 3.63) is 24.3 Å². The Balaban J connectivity index is 2.72. The van der Waals surface area contributed by atoms with Gasteiger partial charge in [0.05, 0.1) is 13.2 Å². The largest absolute Gasteiger partial charge is 0.361 e. The molecule has 10 heteroatoms. The second kappa shape index (κ2) is 12.1. The first-order valence-corrected chi connectivity index (χ1v) is 9.81. The molecule has 0 atom stereocenters. The maximum Gasteiger partial charge on any atom is 0.361 e. The van der Waals surface area contributed by atoms with E-state index < -0.39 is 35.6 Å². The molecule has 0 aromatic rings. The highest BCUT2D eigenvalue weighted by Crippen LogP contribution is 2.32. The smallest absolute Gasteiger partial charge is 0.307 e. The van der Waals surface area contributed by atoms with Crippen LogP contribution in [-0.4, -0.2) is 47.4 Å². The standard InChI is InChI=1S/C20H30N2O8/c1-7-27-21(29-19(25)13(3)4)17(23)15-9-11-16(12-10-15)18(24)22(28-8-2)30-20(26)14(5)6/h15-16H,3,5,7-12H2,1-2,4,6H3. The lowest BCUT2D eigenvalue weighted by molar-refractivity contribution is -0.324. The van der Waals surface area contributed by atoms with Gasteiger partial charge in [0.1, 0.15) is 0 Å². The Kier molecular flexibility index (Phi) is 10.2. The minimum absolute atomic E-state index is 0.125. The molecule has 0 aromatic carbocycles. The number of nitrogens with zero attached hydrogens (tertiary/aromatic N) is 2. The third-order valence-corrected chi connectivity index (χ3v) is 4.31. The van der Waals surface area contributed by atoms with Crippen molar-refractivity contribution in [2.75, 3.05) is 13.2 Å². The van der Waals surface area contributed by atoms with Gasteiger partial charge >= 0.3 is 11.9 Å². The van der Waals surface area contributed by atoms with Crippen molar-refractivity contribution in [3.63, 3.8) is 0 Å². The summed E-state index contributed by atoms with van der Waals surface area (Å²) in [5.74, 6) is -3.53. The van der Waals surface area contributed by atoms with Crippen LogP contribution in [-0.2, 0) is 38.5 Å². The molecule has 168 valence electrons. The Hall–Kier alpha value is -2.72. The molecular weight excluding hydrogens is 396 g/mol. The van der Waals surface area contributed by atoms with Gasteiger partial charge in [0.25, 0.3) is 11.8 Å². The second-order valence-electron chi connectivity index (χ2n) is 6.89. The van der Waals surface area contributed by atoms with Crippen LogP contribution in [0.15, 0.2) is 24.3 Å². The molecule has 1 aliphatic carbocycles. The van der Waals surface area contributed by atoms with E-state index in [1.165, 1.54) is 13.8 Å². The maximum absolute atomic E-state index is 12.7. The third-order valence-electron chi connectivity index (χ3n) is 4.31. The molecule has 0 heterocycles. The average molecular weight is 426 g/mol. The monoisotopic (exact) mass is 426 g/mol. The van der Waals surface area contributed by atoms with Crippen molar-refractivity contribution in [1.29, 1.82) is 0 Å². The van der Waals surface area contributed by atoms with Gasteiger partial charge in [-0.2, -0.15) is 0 Å². The molecule has 1 saturated carbocycles. The molecule has 0 N–H and O–H groups in total. The highest BCUT2D eigenvalue weighted by atomic mass is 17.0. The van der Waals surface area contributed by atoms with Crippen LogP contribution in [0, 0.1) is 11.8 Å². The van der Waals surface area contributed by atoms with Gasteiger partial charge in [-0.3, -0.25) is 9.59 Å². The summed E-state index contributed by atoms with van der Waals surface area (Å²) in [6, 6.07) is 0. The molecular formula is C20H30N2O8. The van der Waals surface area contributed by atoms with Crippen LogP contribution < -0.4 is 0 Å². The molecule has 0 radical (unpaired) electrons. The van der Waals surface area contributed by atoms with Crippen molar-refractivity contribution >= 4 is 23.8 Å². The molecule has 0 spiro atoms. The van der Waals surface area contributed by atoms with E-state index in [1.807, 2.05) is 0 Å². The zero-order chi connectivity index (χ0) is 22.8. The van der Waals surface area contributed by atoms with Gasteiger partial charge in [0.2, 0.25) is 0 Å². The van der Waals surface area contributed by atoms with E-state index in [0.29, 0.717) is 36.1 Å². The maximum atomic E-state index is 12.7. The Morgan fingerprint density at radius 3 is 1.27 bits per heavy atom. The Bertz CT molecular complexity index is 624. The molecule has 0 saturated heterocycles. The van der Waals surface area contributed by atoms with Gasteiger partial charge in [-0.1, -0.05) is 13.2 Å². The van der Waals surface area contributed by atoms with E-state index >= 15 is 0 Å². The number of carbonyl (C=O) groups excluding carboxylic acids is 4. The van der Waals surface area contributed by atoms with E-state index in [-0.39, 0.29) is 24.4 Å². The molecule has 1 aliphatic rings. The van der Waals surface area contributed by atoms with Crippen molar-refractivity contribution in [3.8, 4) is 0 Å². The van der Waals surface area contributed by atoms with Crippen molar-refractivity contribution in [1.82, 2.24) is 10.5 Å². The summed E-state index contributed by atoms with van der Waals surface area (Å²) < 4.78 is 0. The minimum Gasteiger partial charge on any atom is -0.307 e. The van der Waals surface area contributed by atoms with Crippen LogP contribution in [0.25, 0.3) is 0 Å². The molecule has 2 amide bonds. The summed E-state index contributed by atoms with van der Waals surface area (Å²) in [6.45, 7) is 13.4. The van der Waals surface area contributed by atoms with Gasteiger partial charge in [-0.15, -0.1) is 0 Å². The first kappa shape index (κ1) is 25.3. The summed E-state index contributed by atoms with van der Waals surface area (Å²) in [5.41, 5.74) is 0.254. The lowest BCUT2D eigenvalue weighted by Gasteiger charge is -2.31. The lowest BCUT2D eigenvalue weighted by atomic mass is 9.81. The number of hydroxylamine groups is 4. The van der Waals surface area contributed by atoms with Gasteiger partial charge < -0.3 is 9.68 Å². The molecule has 30 heavy (non-hydrogen) atoms. The molecule has 0 aromatic heterocycles. The highest BCUT2D eigenvalue weighted by molar-refractivity contribution is 5.89. The van der Waals surface area contributed by atoms with E-state index in [9.17, 15) is 19.2 Å². The van der Waals surface area contributed by atoms with Crippen LogP contribution in [0.3, 0.4) is 0 Å². The Labute approximate surface area is 176 Å². The zero-order valence-electron chi connectivity index (χ0n) is 18.0. The topological polar surface area (TPSA) is 112 Å². The average Bonchev–Trinajstić information content (AvgIpc) is 2.71. The predicted octanol–water partition coefficient (Wildman–Crippen LogP) is 2.42. The number of hydrogen-bond donors (Lipinski definition) is 0. The number of carbonyl (C=O) groups is 4. The second-order valence-corrected chi connectivity index (χ2v) is 6.89. The summed E-state index contributed by atoms with van der Waals surface area (Å²) in [5, 5.41) is 1.18. The number of rotatable bonds is 8. The van der Waals surface area contributed by atoms with Crippen molar-refractivity contribution < 1.29 is 38.5 Å². The van der Waals surface area contributed by atoms with Gasteiger partial charge in [0.15, 0.2) is 0 Å². The normalized spacial score (nSPS) is 18.1. The minimum atomic E-state index is -0.771. The third kappa shape index (κ3) is 7.27. The van der Waals surface area contributed by atoms with Crippen molar-refractivity contribution in [2.24, 2.45) is 11.8 Å². The van der Waals surface area contributed by atoms with E-state index in [4.69, 9.17) is 19.4 Å². The van der Waals surface area contributed by atoms with Crippen LogP contribution >= 0.6 is 0 Å². The Morgan fingerprint density at radius 2 is 1.03 bits per heavy atom. The van der Waals surface area contributed by atoms with Gasteiger partial charge in [-0.25, -0.2) is 19.3 Å². The number of hydrogen-bond acceptors (Lipinski definition) is 8. The van der Waals surface area contributed by atoms with E-state index in [0.717, 1.165) is 0 Å². The molecule has 10 nitrogen and oxygen atoms in total. The first-order chi connectivity index (χ1) is 14.1. The van der Waals surface area contributed by atoms with Crippen molar-refractivity contribution in [2.45, 2.75) is 53.4 Å². The van der Waals surface area contributed by atoms with Gasteiger partial charge in [0, 0.05) is 23.0 Å². The molecule has 1 rings (SSSR count). The summed E-state index contributed by atoms with van der Waals surface area (Å²) in [6.07, 6.45) is 1.44. The molecule has 0 unspecified atom stereocenters. The summed E-state index contributed by atoms with van der Waals surface area (Å²) >= 11 is 0.